The Morgan fingerprint density at radius 1 is 1.21 bits per heavy atom. The average molecular weight is 450 g/mol. The summed E-state index contributed by atoms with van der Waals surface area (Å²) in [4.78, 5) is 26.3. The van der Waals surface area contributed by atoms with E-state index < -0.39 is 17.3 Å². The molecular formula is C22H19FN6O4. The zero-order chi connectivity index (χ0) is 23.3. The number of fused-ring (bicyclic) bond motifs is 1. The Bertz CT molecular complexity index is 1410. The van der Waals surface area contributed by atoms with E-state index in [1.807, 2.05) is 0 Å². The van der Waals surface area contributed by atoms with E-state index in [2.05, 4.69) is 20.1 Å². The van der Waals surface area contributed by atoms with Gasteiger partial charge < -0.3 is 25.0 Å². The number of aromatic nitrogens is 4. The Kier molecular flexibility index (Phi) is 4.71. The second kappa shape index (κ2) is 7.48. The third kappa shape index (κ3) is 3.24. The van der Waals surface area contributed by atoms with Crippen molar-refractivity contribution in [3.63, 3.8) is 0 Å². The first-order valence-corrected chi connectivity index (χ1v) is 10.0. The molecule has 4 heterocycles. The molecule has 3 N–H and O–H groups in total. The Morgan fingerprint density at radius 2 is 2.03 bits per heavy atom. The summed E-state index contributed by atoms with van der Waals surface area (Å²) in [5.41, 5.74) is 6.12. The van der Waals surface area contributed by atoms with E-state index in [1.165, 1.54) is 42.6 Å². The molecule has 3 aromatic heterocycles. The number of pyridine rings is 1. The number of halogens is 1. The molecule has 0 spiro atoms. The van der Waals surface area contributed by atoms with E-state index in [9.17, 15) is 14.3 Å². The molecular weight excluding hydrogens is 431 g/mol. The lowest BCUT2D eigenvalue weighted by atomic mass is 9.97. The summed E-state index contributed by atoms with van der Waals surface area (Å²) in [7, 11) is 3.07. The predicted octanol–water partition coefficient (Wildman–Crippen LogP) is 2.13. The molecule has 168 valence electrons. The Hall–Kier alpha value is -4.12. The summed E-state index contributed by atoms with van der Waals surface area (Å²) in [5.74, 6) is -0.454. The van der Waals surface area contributed by atoms with Gasteiger partial charge in [-0.1, -0.05) is 5.16 Å². The van der Waals surface area contributed by atoms with Crippen molar-refractivity contribution in [2.45, 2.75) is 12.0 Å². The van der Waals surface area contributed by atoms with Crippen LogP contribution in [0.2, 0.25) is 0 Å². The number of carbonyl (C=O) groups is 1. The number of amides is 1. The zero-order valence-electron chi connectivity index (χ0n) is 17.7. The molecule has 4 aromatic rings. The molecule has 1 saturated heterocycles. The maximum Gasteiger partial charge on any atom is 0.262 e. The Labute approximate surface area is 186 Å². The van der Waals surface area contributed by atoms with Crippen LogP contribution in [0.5, 0.6) is 5.75 Å². The standard InChI is InChI=1S/C22H19FN6O4/c1-29-6-5-22(31,21(29)30)17-9-14(28-33-17)11-3-4-13(23)12(7-11)15-8-16(32-2)18-19(27-15)20(24)26-10-25-18/h3-4,7-10,31H,5-6H2,1-2H3,(H2,24,25,26). The lowest BCUT2D eigenvalue weighted by Crippen LogP contribution is -2.35. The fourth-order valence-corrected chi connectivity index (χ4v) is 3.89. The molecule has 1 amide bonds. The van der Waals surface area contributed by atoms with Crippen molar-refractivity contribution < 1.29 is 23.6 Å². The number of benzene rings is 1. The minimum Gasteiger partial charge on any atom is -0.494 e. The molecule has 0 radical (unpaired) electrons. The van der Waals surface area contributed by atoms with Crippen LogP contribution < -0.4 is 10.5 Å². The van der Waals surface area contributed by atoms with Crippen LogP contribution in [-0.2, 0) is 10.4 Å². The topological polar surface area (TPSA) is 140 Å². The van der Waals surface area contributed by atoms with Crippen molar-refractivity contribution in [1.82, 2.24) is 25.0 Å². The van der Waals surface area contributed by atoms with Gasteiger partial charge in [-0.05, 0) is 18.2 Å². The molecule has 0 aliphatic carbocycles. The summed E-state index contributed by atoms with van der Waals surface area (Å²) >= 11 is 0. The van der Waals surface area contributed by atoms with Crippen LogP contribution >= 0.6 is 0 Å². The van der Waals surface area contributed by atoms with Crippen molar-refractivity contribution >= 4 is 22.8 Å². The van der Waals surface area contributed by atoms with E-state index in [0.717, 1.165) is 0 Å². The second-order valence-corrected chi connectivity index (χ2v) is 7.77. The smallest absolute Gasteiger partial charge is 0.262 e. The number of methoxy groups -OCH3 is 1. The Balaban J connectivity index is 1.59. The molecule has 1 aliphatic rings. The average Bonchev–Trinajstić information content (AvgIpc) is 3.41. The molecule has 10 nitrogen and oxygen atoms in total. The minimum atomic E-state index is -1.77. The molecule has 0 saturated carbocycles. The Morgan fingerprint density at radius 3 is 2.76 bits per heavy atom. The van der Waals surface area contributed by atoms with Gasteiger partial charge in [-0.15, -0.1) is 0 Å². The van der Waals surface area contributed by atoms with Gasteiger partial charge in [-0.25, -0.2) is 19.3 Å². The minimum absolute atomic E-state index is 0.0353. The number of ether oxygens (including phenoxy) is 1. The number of nitrogens with two attached hydrogens (primary N) is 1. The first-order chi connectivity index (χ1) is 15.8. The number of hydrogen-bond donors (Lipinski definition) is 2. The van der Waals surface area contributed by atoms with Crippen molar-refractivity contribution in [1.29, 1.82) is 0 Å². The predicted molar refractivity (Wildman–Crippen MR) is 115 cm³/mol. The van der Waals surface area contributed by atoms with Crippen molar-refractivity contribution in [3.05, 3.63) is 48.2 Å². The molecule has 1 aromatic carbocycles. The van der Waals surface area contributed by atoms with Gasteiger partial charge in [-0.2, -0.15) is 0 Å². The van der Waals surface area contributed by atoms with Crippen molar-refractivity contribution in [3.8, 4) is 28.3 Å². The number of anilines is 1. The van der Waals surface area contributed by atoms with Gasteiger partial charge in [-0.3, -0.25) is 4.79 Å². The van der Waals surface area contributed by atoms with E-state index >= 15 is 0 Å². The van der Waals surface area contributed by atoms with Gasteiger partial charge >= 0.3 is 0 Å². The number of carbonyl (C=O) groups excluding carboxylic acids is 1. The SMILES string of the molecule is COc1cc(-c2cc(-c3cc(C4(O)CCN(C)C4=O)on3)ccc2F)nc2c(N)ncnc12. The second-order valence-electron chi connectivity index (χ2n) is 7.77. The highest BCUT2D eigenvalue weighted by atomic mass is 19.1. The van der Waals surface area contributed by atoms with Gasteiger partial charge in [0.05, 0.1) is 12.8 Å². The highest BCUT2D eigenvalue weighted by Crippen LogP contribution is 2.36. The molecule has 33 heavy (non-hydrogen) atoms. The molecule has 5 rings (SSSR count). The van der Waals surface area contributed by atoms with Gasteiger partial charge in [0.25, 0.3) is 5.91 Å². The first kappa shape index (κ1) is 20.8. The molecule has 1 unspecified atom stereocenters. The number of likely N-dealkylation sites (tertiary alicyclic amines) is 1. The third-order valence-electron chi connectivity index (χ3n) is 5.77. The normalized spacial score (nSPS) is 18.3. The molecule has 1 aliphatic heterocycles. The van der Waals surface area contributed by atoms with E-state index in [1.54, 1.807) is 13.1 Å². The molecule has 1 fully saturated rings. The number of likely N-dealkylation sites (N-methyl/N-ethyl adjacent to an activating group) is 1. The molecule has 1 atom stereocenters. The van der Waals surface area contributed by atoms with Crippen molar-refractivity contribution in [2.75, 3.05) is 26.4 Å². The third-order valence-corrected chi connectivity index (χ3v) is 5.77. The largest absolute Gasteiger partial charge is 0.494 e. The lowest BCUT2D eigenvalue weighted by molar-refractivity contribution is -0.144. The van der Waals surface area contributed by atoms with Gasteiger partial charge in [0.1, 0.15) is 34.6 Å². The monoisotopic (exact) mass is 450 g/mol. The number of hydrogen-bond acceptors (Lipinski definition) is 9. The fraction of sp³-hybridized carbons (Fsp3) is 0.227. The number of rotatable bonds is 4. The van der Waals surface area contributed by atoms with Crippen LogP contribution in [0.15, 0.2) is 41.2 Å². The first-order valence-electron chi connectivity index (χ1n) is 10.0. The van der Waals surface area contributed by atoms with Crippen LogP contribution in [0.1, 0.15) is 12.2 Å². The van der Waals surface area contributed by atoms with Gasteiger partial charge in [0.2, 0.25) is 5.60 Å². The highest BCUT2D eigenvalue weighted by molar-refractivity contribution is 5.91. The van der Waals surface area contributed by atoms with Crippen LogP contribution in [0.25, 0.3) is 33.5 Å². The van der Waals surface area contributed by atoms with Crippen molar-refractivity contribution in [2.24, 2.45) is 0 Å². The number of nitrogens with zero attached hydrogens (tertiary/aromatic N) is 5. The maximum absolute atomic E-state index is 14.8. The maximum atomic E-state index is 14.8. The van der Waals surface area contributed by atoms with Crippen LogP contribution in [0.3, 0.4) is 0 Å². The number of nitrogen functional groups attached to an aromatic ring is 1. The van der Waals surface area contributed by atoms with Crippen LogP contribution in [-0.4, -0.2) is 56.7 Å². The van der Waals surface area contributed by atoms with E-state index in [-0.39, 0.29) is 34.8 Å². The van der Waals surface area contributed by atoms with E-state index in [4.69, 9.17) is 15.0 Å². The summed E-state index contributed by atoms with van der Waals surface area (Å²) in [6.07, 6.45) is 1.49. The quantitative estimate of drug-likeness (QED) is 0.478. The summed E-state index contributed by atoms with van der Waals surface area (Å²) in [5, 5.41) is 14.8. The number of aliphatic hydroxyl groups is 1. The van der Waals surface area contributed by atoms with Gasteiger partial charge in [0, 0.05) is 43.3 Å². The summed E-state index contributed by atoms with van der Waals surface area (Å²) in [6, 6.07) is 7.36. The zero-order valence-corrected chi connectivity index (χ0v) is 17.7. The van der Waals surface area contributed by atoms with E-state index in [0.29, 0.717) is 29.1 Å². The summed E-state index contributed by atoms with van der Waals surface area (Å²) in [6.45, 7) is 0.397. The molecule has 11 heteroatoms. The lowest BCUT2D eigenvalue weighted by Gasteiger charge is -2.16. The molecule has 0 bridgehead atoms. The van der Waals surface area contributed by atoms with Crippen LogP contribution in [0, 0.1) is 5.82 Å². The van der Waals surface area contributed by atoms with Crippen LogP contribution in [0.4, 0.5) is 10.2 Å². The van der Waals surface area contributed by atoms with Gasteiger partial charge in [0.15, 0.2) is 11.6 Å². The summed E-state index contributed by atoms with van der Waals surface area (Å²) < 4.78 is 25.5. The fourth-order valence-electron chi connectivity index (χ4n) is 3.89. The highest BCUT2D eigenvalue weighted by Gasteiger charge is 2.48.